The largest absolute Gasteiger partial charge is 0.399 e. The highest BCUT2D eigenvalue weighted by molar-refractivity contribution is 5.41. The van der Waals surface area contributed by atoms with Gasteiger partial charge in [0.1, 0.15) is 5.60 Å². The number of benzene rings is 1. The van der Waals surface area contributed by atoms with Gasteiger partial charge >= 0.3 is 0 Å². The second-order valence-electron chi connectivity index (χ2n) is 4.09. The summed E-state index contributed by atoms with van der Waals surface area (Å²) in [5, 5.41) is 0. The van der Waals surface area contributed by atoms with Gasteiger partial charge in [-0.15, -0.1) is 0 Å². The van der Waals surface area contributed by atoms with Gasteiger partial charge in [0, 0.05) is 5.69 Å². The number of rotatable bonds is 1. The number of nitrogen functional groups attached to an aromatic ring is 1. The number of nitrogens with two attached hydrogens (primary N) is 1. The van der Waals surface area contributed by atoms with Crippen LogP contribution >= 0.6 is 0 Å². The van der Waals surface area contributed by atoms with E-state index in [2.05, 4.69) is 6.92 Å². The fourth-order valence-corrected chi connectivity index (χ4v) is 1.89. The summed E-state index contributed by atoms with van der Waals surface area (Å²) in [7, 11) is 0. The van der Waals surface area contributed by atoms with E-state index in [1.165, 1.54) is 0 Å². The van der Waals surface area contributed by atoms with Crippen molar-refractivity contribution in [2.24, 2.45) is 0 Å². The lowest BCUT2D eigenvalue weighted by Gasteiger charge is -2.39. The first kappa shape index (κ1) is 10.5. The molecule has 0 aromatic heterocycles. The molecule has 3 heteroatoms. The van der Waals surface area contributed by atoms with Gasteiger partial charge in [-0.25, -0.2) is 0 Å². The van der Waals surface area contributed by atoms with Gasteiger partial charge in [-0.2, -0.15) is 0 Å². The summed E-state index contributed by atoms with van der Waals surface area (Å²) in [5.74, 6) is 0. The van der Waals surface area contributed by atoms with E-state index in [-0.39, 0.29) is 11.7 Å². The lowest BCUT2D eigenvalue weighted by molar-refractivity contribution is -0.194. The fourth-order valence-electron chi connectivity index (χ4n) is 1.89. The lowest BCUT2D eigenvalue weighted by atomic mass is 9.90. The molecule has 0 saturated carbocycles. The van der Waals surface area contributed by atoms with Crippen LogP contribution in [0.4, 0.5) is 5.69 Å². The maximum absolute atomic E-state index is 5.84. The minimum absolute atomic E-state index is 0.0647. The lowest BCUT2D eigenvalue weighted by Crippen LogP contribution is -2.44. The minimum Gasteiger partial charge on any atom is -0.399 e. The van der Waals surface area contributed by atoms with Crippen molar-refractivity contribution >= 4 is 5.69 Å². The zero-order valence-corrected chi connectivity index (χ0v) is 9.19. The Morgan fingerprint density at radius 1 is 1.27 bits per heavy atom. The molecule has 1 saturated heterocycles. The van der Waals surface area contributed by atoms with E-state index in [1.807, 2.05) is 31.2 Å². The standard InChI is InChI=1S/C12H17NO2/c1-9-12(2,15-8-7-14-9)10-3-5-11(13)6-4-10/h3-6,9H,7-8,13H2,1-2H3. The molecule has 0 bridgehead atoms. The molecule has 1 aliphatic heterocycles. The quantitative estimate of drug-likeness (QED) is 0.715. The van der Waals surface area contributed by atoms with E-state index < -0.39 is 0 Å². The highest BCUT2D eigenvalue weighted by Crippen LogP contribution is 2.33. The van der Waals surface area contributed by atoms with E-state index in [0.29, 0.717) is 13.2 Å². The molecular weight excluding hydrogens is 190 g/mol. The van der Waals surface area contributed by atoms with Crippen LogP contribution in [0.1, 0.15) is 19.4 Å². The monoisotopic (exact) mass is 207 g/mol. The smallest absolute Gasteiger partial charge is 0.116 e. The molecule has 2 N–H and O–H groups in total. The summed E-state index contributed by atoms with van der Waals surface area (Å²) in [6, 6.07) is 7.79. The summed E-state index contributed by atoms with van der Waals surface area (Å²) in [4.78, 5) is 0. The van der Waals surface area contributed by atoms with Crippen LogP contribution in [-0.4, -0.2) is 19.3 Å². The number of anilines is 1. The summed E-state index contributed by atoms with van der Waals surface area (Å²) in [6.07, 6.45) is 0.0647. The highest BCUT2D eigenvalue weighted by Gasteiger charge is 2.37. The van der Waals surface area contributed by atoms with Gasteiger partial charge in [-0.05, 0) is 31.5 Å². The molecule has 15 heavy (non-hydrogen) atoms. The van der Waals surface area contributed by atoms with Crippen molar-refractivity contribution in [3.05, 3.63) is 29.8 Å². The first-order valence-electron chi connectivity index (χ1n) is 5.24. The number of hydrogen-bond acceptors (Lipinski definition) is 3. The van der Waals surface area contributed by atoms with E-state index in [9.17, 15) is 0 Å². The summed E-state index contributed by atoms with van der Waals surface area (Å²) in [5.41, 5.74) is 7.19. The Labute approximate surface area is 90.2 Å². The Balaban J connectivity index is 2.30. The van der Waals surface area contributed by atoms with E-state index in [4.69, 9.17) is 15.2 Å². The third kappa shape index (κ3) is 1.85. The van der Waals surface area contributed by atoms with Gasteiger partial charge < -0.3 is 15.2 Å². The molecule has 1 aliphatic rings. The first-order valence-corrected chi connectivity index (χ1v) is 5.24. The van der Waals surface area contributed by atoms with Crippen LogP contribution in [0.3, 0.4) is 0 Å². The van der Waals surface area contributed by atoms with Crippen molar-refractivity contribution in [1.29, 1.82) is 0 Å². The molecule has 1 heterocycles. The van der Waals surface area contributed by atoms with Crippen molar-refractivity contribution in [3.63, 3.8) is 0 Å². The fraction of sp³-hybridized carbons (Fsp3) is 0.500. The molecule has 1 fully saturated rings. The van der Waals surface area contributed by atoms with Crippen molar-refractivity contribution in [3.8, 4) is 0 Å². The van der Waals surface area contributed by atoms with Gasteiger partial charge in [0.15, 0.2) is 0 Å². The maximum atomic E-state index is 5.84. The topological polar surface area (TPSA) is 44.5 Å². The van der Waals surface area contributed by atoms with Crippen LogP contribution in [0.2, 0.25) is 0 Å². The van der Waals surface area contributed by atoms with Crippen molar-refractivity contribution < 1.29 is 9.47 Å². The Kier molecular flexibility index (Phi) is 2.67. The molecule has 1 aromatic rings. The number of hydrogen-bond donors (Lipinski definition) is 1. The van der Waals surface area contributed by atoms with E-state index in [1.54, 1.807) is 0 Å². The molecule has 2 unspecified atom stereocenters. The van der Waals surface area contributed by atoms with Crippen molar-refractivity contribution in [2.75, 3.05) is 18.9 Å². The highest BCUT2D eigenvalue weighted by atomic mass is 16.6. The van der Waals surface area contributed by atoms with E-state index in [0.717, 1.165) is 11.3 Å². The van der Waals surface area contributed by atoms with E-state index >= 15 is 0 Å². The second kappa shape index (κ2) is 3.83. The maximum Gasteiger partial charge on any atom is 0.116 e. The molecule has 2 atom stereocenters. The molecular formula is C12H17NO2. The predicted octanol–water partition coefficient (Wildman–Crippen LogP) is 1.92. The molecule has 0 aliphatic carbocycles. The summed E-state index contributed by atoms with van der Waals surface area (Å²) in [6.45, 7) is 5.41. The molecule has 82 valence electrons. The predicted molar refractivity (Wildman–Crippen MR) is 59.6 cm³/mol. The molecule has 0 amide bonds. The molecule has 0 spiro atoms. The summed E-state index contributed by atoms with van der Waals surface area (Å²) >= 11 is 0. The van der Waals surface area contributed by atoms with Gasteiger partial charge in [0.25, 0.3) is 0 Å². The third-order valence-corrected chi connectivity index (χ3v) is 3.11. The SMILES string of the molecule is CC1OCCOC1(C)c1ccc(N)cc1. The Morgan fingerprint density at radius 3 is 2.53 bits per heavy atom. The van der Waals surface area contributed by atoms with Crippen LogP contribution in [0.5, 0.6) is 0 Å². The van der Waals surface area contributed by atoms with Gasteiger partial charge in [0.05, 0.1) is 19.3 Å². The average molecular weight is 207 g/mol. The van der Waals surface area contributed by atoms with Gasteiger partial charge in [-0.1, -0.05) is 12.1 Å². The Morgan fingerprint density at radius 2 is 1.93 bits per heavy atom. The van der Waals surface area contributed by atoms with Crippen LogP contribution in [0.15, 0.2) is 24.3 Å². The van der Waals surface area contributed by atoms with Crippen LogP contribution in [0.25, 0.3) is 0 Å². The second-order valence-corrected chi connectivity index (χ2v) is 4.09. The van der Waals surface area contributed by atoms with Gasteiger partial charge in [0.2, 0.25) is 0 Å². The normalized spacial score (nSPS) is 31.5. The molecule has 2 rings (SSSR count). The van der Waals surface area contributed by atoms with Crippen LogP contribution < -0.4 is 5.73 Å². The third-order valence-electron chi connectivity index (χ3n) is 3.11. The zero-order valence-electron chi connectivity index (χ0n) is 9.19. The first-order chi connectivity index (χ1) is 7.13. The van der Waals surface area contributed by atoms with Crippen LogP contribution in [0, 0.1) is 0 Å². The molecule has 0 radical (unpaired) electrons. The Hall–Kier alpha value is -1.06. The van der Waals surface area contributed by atoms with Crippen molar-refractivity contribution in [1.82, 2.24) is 0 Å². The molecule has 1 aromatic carbocycles. The Bertz CT molecular complexity index is 336. The summed E-state index contributed by atoms with van der Waals surface area (Å²) < 4.78 is 11.5. The number of ether oxygens (including phenoxy) is 2. The van der Waals surface area contributed by atoms with Gasteiger partial charge in [-0.3, -0.25) is 0 Å². The van der Waals surface area contributed by atoms with Crippen LogP contribution in [-0.2, 0) is 15.1 Å². The average Bonchev–Trinajstić information content (AvgIpc) is 2.23. The van der Waals surface area contributed by atoms with Crippen molar-refractivity contribution in [2.45, 2.75) is 25.6 Å². The minimum atomic E-state index is -0.355. The zero-order chi connectivity index (χ0) is 10.9. The molecule has 3 nitrogen and oxygen atoms in total.